The molecular weight excluding hydrogens is 674 g/mol. The van der Waals surface area contributed by atoms with Crippen LogP contribution in [0.1, 0.15) is 0 Å². The molecule has 0 N–H and O–H groups in total. The van der Waals surface area contributed by atoms with Gasteiger partial charge >= 0.3 is 31.1 Å². The van der Waals surface area contributed by atoms with Gasteiger partial charge in [-0.2, -0.15) is 36.4 Å². The van der Waals surface area contributed by atoms with E-state index in [0.29, 0.717) is 0 Å². The Labute approximate surface area is 245 Å². The first kappa shape index (κ1) is 29.5. The Morgan fingerprint density at radius 2 is 0.514 bits per heavy atom. The van der Waals surface area contributed by atoms with Crippen LogP contribution in [0.2, 0.25) is 0 Å². The van der Waals surface area contributed by atoms with Crippen LogP contribution in [-0.2, 0) is 0 Å². The van der Waals surface area contributed by atoms with Crippen LogP contribution in [0.5, 0.6) is 0 Å². The monoisotopic (exact) mass is 704 g/mol. The molecule has 2 nitrogen and oxygen atoms in total. The van der Waals surface area contributed by atoms with Crippen LogP contribution >= 0.6 is 0 Å². The third-order valence-corrected chi connectivity index (χ3v) is 4.65. The zero-order valence-electron chi connectivity index (χ0n) is 20.7. The molecule has 0 saturated carbocycles. The van der Waals surface area contributed by atoms with Gasteiger partial charge in [0.25, 0.3) is 0 Å². The summed E-state index contributed by atoms with van der Waals surface area (Å²) in [6.45, 7) is 0. The summed E-state index contributed by atoms with van der Waals surface area (Å²) in [6, 6.07) is 59.8. The third kappa shape index (κ3) is 13.8. The van der Waals surface area contributed by atoms with Crippen molar-refractivity contribution >= 4 is 22.7 Å². The van der Waals surface area contributed by atoms with Crippen LogP contribution in [0, 0.1) is 31.1 Å². The van der Waals surface area contributed by atoms with Crippen molar-refractivity contribution in [3.63, 3.8) is 0 Å². The molecule has 0 spiro atoms. The Balaban J connectivity index is 0.000000187. The van der Waals surface area contributed by atoms with Crippen LogP contribution < -0.4 is 0 Å². The second-order valence-corrected chi connectivity index (χ2v) is 7.49. The van der Waals surface area contributed by atoms with E-state index in [4.69, 9.17) is 0 Å². The minimum atomic E-state index is 0. The van der Waals surface area contributed by atoms with Crippen LogP contribution in [0.15, 0.2) is 182 Å². The zero-order chi connectivity index (χ0) is 24.9. The maximum atomic E-state index is 4.44. The van der Waals surface area contributed by atoms with Gasteiger partial charge in [0, 0.05) is 0 Å². The Bertz CT molecular complexity index is 1020. The first-order valence-corrected chi connectivity index (χ1v) is 11.9. The van der Waals surface area contributed by atoms with Gasteiger partial charge in [-0.1, -0.05) is 121 Å². The van der Waals surface area contributed by atoms with Gasteiger partial charge in [-0.15, -0.1) is 22.7 Å². The molecule has 0 saturated heterocycles. The first-order valence-electron chi connectivity index (χ1n) is 11.9. The predicted molar refractivity (Wildman–Crippen MR) is 155 cm³/mol. The van der Waals surface area contributed by atoms with Crippen molar-refractivity contribution in [1.82, 2.24) is 0 Å². The smallest absolute Gasteiger partial charge is 0.658 e. The largest absolute Gasteiger partial charge is 4.00 e. The summed E-state index contributed by atoms with van der Waals surface area (Å²) in [7, 11) is 0. The molecule has 180 valence electrons. The van der Waals surface area contributed by atoms with Gasteiger partial charge in [-0.25, -0.2) is 24.3 Å². The molecule has 0 aliphatic rings. The summed E-state index contributed by atoms with van der Waals surface area (Å²) in [5.41, 5.74) is 3.98. The summed E-state index contributed by atoms with van der Waals surface area (Å²) in [4.78, 5) is 0. The second kappa shape index (κ2) is 19.4. The Morgan fingerprint density at radius 1 is 0.297 bits per heavy atom. The van der Waals surface area contributed by atoms with Gasteiger partial charge in [0.2, 0.25) is 0 Å². The van der Waals surface area contributed by atoms with Gasteiger partial charge in [0.1, 0.15) is 0 Å². The molecule has 0 aromatic heterocycles. The van der Waals surface area contributed by atoms with Gasteiger partial charge < -0.3 is 10.6 Å². The minimum absolute atomic E-state index is 0. The van der Waals surface area contributed by atoms with Crippen molar-refractivity contribution in [1.29, 1.82) is 0 Å². The molecule has 3 heteroatoms. The molecule has 0 fully saturated rings. The summed E-state index contributed by atoms with van der Waals surface area (Å²) < 4.78 is 0. The number of nitrogens with zero attached hydrogens (tertiary/aromatic N) is 2. The van der Waals surface area contributed by atoms with E-state index < -0.39 is 0 Å². The Hall–Kier alpha value is -3.77. The number of hydrogen-bond donors (Lipinski definition) is 0. The maximum Gasteiger partial charge on any atom is 4.00 e. The summed E-state index contributed by atoms with van der Waals surface area (Å²) in [5, 5.41) is 8.88. The van der Waals surface area contributed by atoms with Crippen LogP contribution in [0.25, 0.3) is 10.6 Å². The van der Waals surface area contributed by atoms with E-state index in [1.165, 1.54) is 0 Å². The van der Waals surface area contributed by atoms with Crippen molar-refractivity contribution < 1.29 is 31.1 Å². The SMILES string of the molecule is [U+4].c1cc[cH-]c1.c1cc[cH-]c1.c1ccc([N-]c2ccccc2)cc1.c1ccc([N-]c2ccccc2)cc1. The maximum absolute atomic E-state index is 4.44. The molecule has 0 atom stereocenters. The fourth-order valence-corrected chi connectivity index (χ4v) is 2.95. The van der Waals surface area contributed by atoms with E-state index in [2.05, 4.69) is 10.6 Å². The summed E-state index contributed by atoms with van der Waals surface area (Å²) in [5.74, 6) is 0. The van der Waals surface area contributed by atoms with Gasteiger partial charge in [-0.05, 0) is 0 Å². The Morgan fingerprint density at radius 3 is 0.676 bits per heavy atom. The van der Waals surface area contributed by atoms with E-state index in [1.54, 1.807) is 0 Å². The van der Waals surface area contributed by atoms with Crippen LogP contribution in [0.3, 0.4) is 0 Å². The van der Waals surface area contributed by atoms with Crippen molar-refractivity contribution in [2.45, 2.75) is 0 Å². The van der Waals surface area contributed by atoms with Crippen molar-refractivity contribution in [2.75, 3.05) is 0 Å². The summed E-state index contributed by atoms with van der Waals surface area (Å²) >= 11 is 0. The molecule has 0 heterocycles. The number of rotatable bonds is 4. The molecule has 0 amide bonds. The van der Waals surface area contributed by atoms with Gasteiger partial charge in [0.15, 0.2) is 0 Å². The van der Waals surface area contributed by atoms with Crippen molar-refractivity contribution in [2.24, 2.45) is 0 Å². The van der Waals surface area contributed by atoms with Crippen molar-refractivity contribution in [3.05, 3.63) is 193 Å². The van der Waals surface area contributed by atoms with E-state index in [1.807, 2.05) is 182 Å². The molecule has 6 aromatic rings. The quantitative estimate of drug-likeness (QED) is 0.164. The molecule has 0 aliphatic carbocycles. The van der Waals surface area contributed by atoms with Gasteiger partial charge in [0.05, 0.1) is 0 Å². The van der Waals surface area contributed by atoms with E-state index in [9.17, 15) is 0 Å². The second-order valence-electron chi connectivity index (χ2n) is 7.49. The Kier molecular flexibility index (Phi) is 15.5. The molecule has 0 bridgehead atoms. The molecule has 0 radical (unpaired) electrons. The average molecular weight is 705 g/mol. The molecule has 37 heavy (non-hydrogen) atoms. The number of para-hydroxylation sites is 4. The topological polar surface area (TPSA) is 28.2 Å². The molecule has 6 aromatic carbocycles. The fraction of sp³-hybridized carbons (Fsp3) is 0. The normalized spacial score (nSPS) is 8.86. The van der Waals surface area contributed by atoms with Crippen LogP contribution in [0.4, 0.5) is 22.7 Å². The molecule has 6 rings (SSSR count). The molecular formula is C34H30N2U. The van der Waals surface area contributed by atoms with E-state index in [0.717, 1.165) is 22.7 Å². The standard InChI is InChI=1S/2C12H10N.2C5H5.U/c2*1-3-7-11(8-4-1)13-12-9-5-2-6-10-12;2*1-2-4-5-3-1;/h2*1-10H;2*1-5H;/q4*-1;+4. The molecule has 0 aliphatic heterocycles. The minimum Gasteiger partial charge on any atom is -0.658 e. The van der Waals surface area contributed by atoms with Gasteiger partial charge in [-0.3, -0.25) is 0 Å². The van der Waals surface area contributed by atoms with E-state index in [-0.39, 0.29) is 31.1 Å². The third-order valence-electron chi connectivity index (χ3n) is 4.65. The number of hydrogen-bond acceptors (Lipinski definition) is 0. The summed E-state index contributed by atoms with van der Waals surface area (Å²) in [6.07, 6.45) is 0. The predicted octanol–water partition coefficient (Wildman–Crippen LogP) is 10.9. The van der Waals surface area contributed by atoms with Crippen molar-refractivity contribution in [3.8, 4) is 0 Å². The first-order chi connectivity index (χ1) is 17.9. The fourth-order valence-electron chi connectivity index (χ4n) is 2.95. The van der Waals surface area contributed by atoms with Crippen LogP contribution in [-0.4, -0.2) is 0 Å². The van der Waals surface area contributed by atoms with E-state index >= 15 is 0 Å². The average Bonchev–Trinajstić information content (AvgIpc) is 3.72. The molecule has 0 unspecified atom stereocenters. The number of benzene rings is 4. The zero-order valence-corrected chi connectivity index (χ0v) is 24.9.